The van der Waals surface area contributed by atoms with E-state index in [1.54, 1.807) is 7.11 Å². The van der Waals surface area contributed by atoms with Crippen LogP contribution in [0.25, 0.3) is 0 Å². The Balaban J connectivity index is 2.29. The molecule has 1 aromatic heterocycles. The minimum Gasteiger partial charge on any atom is -0.378 e. The molecule has 2 rings (SSSR count). The molecule has 4 nitrogen and oxygen atoms in total. The second-order valence-corrected chi connectivity index (χ2v) is 4.40. The number of halogens is 1. The van der Waals surface area contributed by atoms with Crippen molar-refractivity contribution < 1.29 is 4.74 Å². The predicted molar refractivity (Wildman–Crippen MR) is 70.6 cm³/mol. The van der Waals surface area contributed by atoms with Gasteiger partial charge in [0, 0.05) is 7.11 Å². The van der Waals surface area contributed by atoms with Crippen molar-refractivity contribution in [2.24, 2.45) is 0 Å². The van der Waals surface area contributed by atoms with E-state index in [1.807, 2.05) is 16.8 Å². The first-order valence-electron chi connectivity index (χ1n) is 5.77. The molecular weight excluding hydrogens is 250 g/mol. The molecule has 0 amide bonds. The molecule has 0 aliphatic heterocycles. The summed E-state index contributed by atoms with van der Waals surface area (Å²) in [5.41, 5.74) is 4.19. The molecule has 0 radical (unpaired) electrons. The maximum Gasteiger partial charge on any atom is 0.103 e. The lowest BCUT2D eigenvalue weighted by Crippen LogP contribution is -2.09. The van der Waals surface area contributed by atoms with Gasteiger partial charge in [-0.15, -0.1) is 16.7 Å². The van der Waals surface area contributed by atoms with E-state index < -0.39 is 0 Å². The number of aryl methyl sites for hydroxylation is 1. The second kappa shape index (κ2) is 5.98. The molecule has 0 saturated carbocycles. The minimum absolute atomic E-state index is 0.354. The number of benzene rings is 1. The van der Waals surface area contributed by atoms with Gasteiger partial charge >= 0.3 is 0 Å². The molecule has 0 fully saturated rings. The lowest BCUT2D eigenvalue weighted by atomic mass is 10.1. The fourth-order valence-electron chi connectivity index (χ4n) is 1.84. The second-order valence-electron chi connectivity index (χ2n) is 4.13. The van der Waals surface area contributed by atoms with Gasteiger partial charge in [-0.2, -0.15) is 0 Å². The highest BCUT2D eigenvalue weighted by Gasteiger charge is 2.12. The van der Waals surface area contributed by atoms with Crippen molar-refractivity contribution in [1.29, 1.82) is 0 Å². The lowest BCUT2D eigenvalue weighted by molar-refractivity contribution is 0.176. The summed E-state index contributed by atoms with van der Waals surface area (Å²) >= 11 is 5.84. The summed E-state index contributed by atoms with van der Waals surface area (Å²) < 4.78 is 7.03. The van der Waals surface area contributed by atoms with Crippen molar-refractivity contribution in [3.63, 3.8) is 0 Å². The van der Waals surface area contributed by atoms with Crippen LogP contribution in [-0.2, 0) is 23.8 Å². The van der Waals surface area contributed by atoms with Crippen LogP contribution in [0.4, 0.5) is 0 Å². The van der Waals surface area contributed by atoms with Gasteiger partial charge < -0.3 is 4.74 Å². The first-order valence-corrected chi connectivity index (χ1v) is 6.30. The Labute approximate surface area is 112 Å². The highest BCUT2D eigenvalue weighted by molar-refractivity contribution is 6.16. The molecule has 1 aromatic carbocycles. The normalized spacial score (nSPS) is 10.8. The van der Waals surface area contributed by atoms with Crippen LogP contribution in [0, 0.1) is 6.92 Å². The third-order valence-electron chi connectivity index (χ3n) is 2.91. The van der Waals surface area contributed by atoms with Gasteiger partial charge in [-0.3, -0.25) is 0 Å². The van der Waals surface area contributed by atoms with Crippen LogP contribution in [0.15, 0.2) is 24.3 Å². The molecule has 0 atom stereocenters. The average molecular weight is 266 g/mol. The van der Waals surface area contributed by atoms with E-state index in [2.05, 4.69) is 29.4 Å². The van der Waals surface area contributed by atoms with Crippen molar-refractivity contribution >= 4 is 11.6 Å². The topological polar surface area (TPSA) is 39.9 Å². The zero-order valence-corrected chi connectivity index (χ0v) is 11.3. The molecule has 0 unspecified atom stereocenters. The predicted octanol–water partition coefficient (Wildman–Crippen LogP) is 2.52. The molecule has 1 heterocycles. The highest BCUT2D eigenvalue weighted by atomic mass is 35.5. The summed E-state index contributed by atoms with van der Waals surface area (Å²) in [5, 5.41) is 8.22. The maximum atomic E-state index is 5.84. The summed E-state index contributed by atoms with van der Waals surface area (Å²) in [6, 6.07) is 8.23. The fourth-order valence-corrected chi connectivity index (χ4v) is 2.05. The van der Waals surface area contributed by atoms with Gasteiger partial charge in [-0.1, -0.05) is 29.5 Å². The van der Waals surface area contributed by atoms with Gasteiger partial charge in [-0.25, -0.2) is 4.68 Å². The number of alkyl halides is 1. The number of ether oxygens (including phenoxy) is 1. The SMILES string of the molecule is COCc1c(CCl)nnn1Cc1ccccc1C. The van der Waals surface area contributed by atoms with E-state index in [1.165, 1.54) is 11.1 Å². The summed E-state index contributed by atoms with van der Waals surface area (Å²) in [6.45, 7) is 3.25. The van der Waals surface area contributed by atoms with Gasteiger partial charge in [-0.05, 0) is 18.1 Å². The quantitative estimate of drug-likeness (QED) is 0.780. The van der Waals surface area contributed by atoms with E-state index in [0.717, 1.165) is 11.4 Å². The molecule has 0 spiro atoms. The Morgan fingerprint density at radius 3 is 2.78 bits per heavy atom. The van der Waals surface area contributed by atoms with Gasteiger partial charge in [0.15, 0.2) is 0 Å². The third-order valence-corrected chi connectivity index (χ3v) is 3.16. The zero-order valence-electron chi connectivity index (χ0n) is 10.6. The van der Waals surface area contributed by atoms with E-state index in [9.17, 15) is 0 Å². The molecular formula is C13H16ClN3O. The number of nitrogens with zero attached hydrogens (tertiary/aromatic N) is 3. The van der Waals surface area contributed by atoms with Crippen molar-refractivity contribution in [3.8, 4) is 0 Å². The molecule has 18 heavy (non-hydrogen) atoms. The van der Waals surface area contributed by atoms with Crippen molar-refractivity contribution in [2.75, 3.05) is 7.11 Å². The maximum absolute atomic E-state index is 5.84. The number of hydrogen-bond donors (Lipinski definition) is 0. The van der Waals surface area contributed by atoms with E-state index in [-0.39, 0.29) is 0 Å². The Hall–Kier alpha value is -1.39. The van der Waals surface area contributed by atoms with Crippen LogP contribution in [0.5, 0.6) is 0 Å². The summed E-state index contributed by atoms with van der Waals surface area (Å²) in [7, 11) is 1.66. The Bertz CT molecular complexity index is 525. The van der Waals surface area contributed by atoms with Crippen LogP contribution in [0.3, 0.4) is 0 Å². The summed E-state index contributed by atoms with van der Waals surface area (Å²) in [4.78, 5) is 0. The summed E-state index contributed by atoms with van der Waals surface area (Å²) in [5.74, 6) is 0.354. The van der Waals surface area contributed by atoms with E-state index in [0.29, 0.717) is 19.0 Å². The fraction of sp³-hybridized carbons (Fsp3) is 0.385. The Kier molecular flexibility index (Phi) is 4.33. The van der Waals surface area contributed by atoms with Gasteiger partial charge in [0.2, 0.25) is 0 Å². The molecule has 0 saturated heterocycles. The monoisotopic (exact) mass is 265 g/mol. The van der Waals surface area contributed by atoms with Gasteiger partial charge in [0.1, 0.15) is 5.69 Å². The molecule has 0 bridgehead atoms. The van der Waals surface area contributed by atoms with Gasteiger partial charge in [0.05, 0.1) is 24.7 Å². The van der Waals surface area contributed by atoms with Crippen molar-refractivity contribution in [3.05, 3.63) is 46.8 Å². The van der Waals surface area contributed by atoms with Crippen molar-refractivity contribution in [1.82, 2.24) is 15.0 Å². The largest absolute Gasteiger partial charge is 0.378 e. The van der Waals surface area contributed by atoms with Gasteiger partial charge in [0.25, 0.3) is 0 Å². The number of aromatic nitrogens is 3. The third kappa shape index (κ3) is 2.71. The first-order chi connectivity index (χ1) is 8.76. The molecule has 0 aliphatic rings. The van der Waals surface area contributed by atoms with Crippen LogP contribution in [0.1, 0.15) is 22.5 Å². The average Bonchev–Trinajstić information content (AvgIpc) is 2.75. The summed E-state index contributed by atoms with van der Waals surface area (Å²) in [6.07, 6.45) is 0. The first kappa shape index (κ1) is 13.1. The smallest absolute Gasteiger partial charge is 0.103 e. The van der Waals surface area contributed by atoms with Crippen LogP contribution in [-0.4, -0.2) is 22.1 Å². The molecule has 0 N–H and O–H groups in total. The standard InChI is InChI=1S/C13H16ClN3O/c1-10-5-3-4-6-11(10)8-17-13(9-18-2)12(7-14)15-16-17/h3-6H,7-9H2,1-2H3. The van der Waals surface area contributed by atoms with Crippen LogP contribution >= 0.6 is 11.6 Å². The van der Waals surface area contributed by atoms with E-state index >= 15 is 0 Å². The Morgan fingerprint density at radius 1 is 1.33 bits per heavy atom. The number of hydrogen-bond acceptors (Lipinski definition) is 3. The minimum atomic E-state index is 0.354. The molecule has 96 valence electrons. The Morgan fingerprint density at radius 2 is 2.11 bits per heavy atom. The van der Waals surface area contributed by atoms with Crippen molar-refractivity contribution in [2.45, 2.75) is 26.0 Å². The zero-order chi connectivity index (χ0) is 13.0. The van der Waals surface area contributed by atoms with E-state index in [4.69, 9.17) is 16.3 Å². The number of rotatable bonds is 5. The molecule has 0 aliphatic carbocycles. The lowest BCUT2D eigenvalue weighted by Gasteiger charge is -2.08. The number of methoxy groups -OCH3 is 1. The molecule has 2 aromatic rings. The van der Waals surface area contributed by atoms with Crippen LogP contribution < -0.4 is 0 Å². The van der Waals surface area contributed by atoms with Crippen LogP contribution in [0.2, 0.25) is 0 Å². The highest BCUT2D eigenvalue weighted by Crippen LogP contribution is 2.14. The molecule has 5 heteroatoms.